The maximum Gasteiger partial charge on any atom is 0.0541 e. The smallest absolute Gasteiger partial charge is 0.0541 e. The molecule has 0 unspecified atom stereocenters. The fraction of sp³-hybridized carbons (Fsp3) is 0. The van der Waals surface area contributed by atoms with E-state index in [4.69, 9.17) is 0 Å². The quantitative estimate of drug-likeness (QED) is 0.138. The fourth-order valence-corrected chi connectivity index (χ4v) is 10.7. The van der Waals surface area contributed by atoms with Crippen molar-refractivity contribution in [1.29, 1.82) is 0 Å². The number of nitrogens with zero attached hydrogens (tertiary/aromatic N) is 2. The molecule has 13 rings (SSSR count). The third kappa shape index (κ3) is 6.65. The van der Waals surface area contributed by atoms with Crippen molar-refractivity contribution in [3.05, 3.63) is 267 Å². The van der Waals surface area contributed by atoms with Gasteiger partial charge in [-0.3, -0.25) is 0 Å². The molecule has 2 heteroatoms. The topological polar surface area (TPSA) is 8.17 Å². The number of aromatic nitrogens is 1. The monoisotopic (exact) mass is 864 g/mol. The molecule has 68 heavy (non-hydrogen) atoms. The Labute approximate surface area is 395 Å². The summed E-state index contributed by atoms with van der Waals surface area (Å²) in [6.45, 7) is 0. The molecule has 1 heterocycles. The molecule has 0 aliphatic heterocycles. The summed E-state index contributed by atoms with van der Waals surface area (Å²) in [6, 6.07) is 97.6. The summed E-state index contributed by atoms with van der Waals surface area (Å²) in [5, 5.41) is 9.89. The first-order valence-electron chi connectivity index (χ1n) is 23.4. The van der Waals surface area contributed by atoms with E-state index in [0.29, 0.717) is 0 Å². The van der Waals surface area contributed by atoms with Crippen molar-refractivity contribution in [1.82, 2.24) is 4.57 Å². The zero-order valence-electron chi connectivity index (χ0n) is 37.3. The summed E-state index contributed by atoms with van der Waals surface area (Å²) in [5.41, 5.74) is 16.4. The Bertz CT molecular complexity index is 4000. The molecule has 0 amide bonds. The van der Waals surface area contributed by atoms with E-state index < -0.39 is 0 Å². The van der Waals surface area contributed by atoms with Gasteiger partial charge in [0.05, 0.1) is 11.0 Å². The minimum atomic E-state index is 1.08. The molecule has 13 aromatic rings. The molecular formula is C66H44N2. The normalized spacial score (nSPS) is 11.5. The summed E-state index contributed by atoms with van der Waals surface area (Å²) in [4.78, 5) is 2.43. The van der Waals surface area contributed by atoms with Gasteiger partial charge >= 0.3 is 0 Å². The van der Waals surface area contributed by atoms with Crippen molar-refractivity contribution in [2.75, 3.05) is 4.90 Å². The van der Waals surface area contributed by atoms with Gasteiger partial charge in [-0.15, -0.1) is 0 Å². The number of para-hydroxylation sites is 2. The molecule has 0 aliphatic carbocycles. The molecular weight excluding hydrogens is 821 g/mol. The minimum Gasteiger partial charge on any atom is -0.310 e. The zero-order chi connectivity index (χ0) is 45.0. The lowest BCUT2D eigenvalue weighted by Gasteiger charge is -2.27. The number of fused-ring (bicyclic) bond motifs is 7. The highest BCUT2D eigenvalue weighted by atomic mass is 15.1. The van der Waals surface area contributed by atoms with Crippen LogP contribution in [0.15, 0.2) is 267 Å². The van der Waals surface area contributed by atoms with E-state index in [1.165, 1.54) is 93.1 Å². The Morgan fingerprint density at radius 1 is 0.250 bits per heavy atom. The molecule has 0 saturated heterocycles. The van der Waals surface area contributed by atoms with Crippen molar-refractivity contribution in [3.8, 4) is 50.2 Å². The Morgan fingerprint density at radius 2 is 0.765 bits per heavy atom. The van der Waals surface area contributed by atoms with E-state index in [1.54, 1.807) is 0 Å². The van der Waals surface area contributed by atoms with Crippen LogP contribution in [0.3, 0.4) is 0 Å². The number of hydrogen-bond acceptors (Lipinski definition) is 1. The molecule has 2 nitrogen and oxygen atoms in total. The van der Waals surface area contributed by atoms with Crippen molar-refractivity contribution in [2.24, 2.45) is 0 Å². The van der Waals surface area contributed by atoms with Crippen LogP contribution in [0.25, 0.3) is 104 Å². The van der Waals surface area contributed by atoms with Gasteiger partial charge in [-0.05, 0) is 144 Å². The van der Waals surface area contributed by atoms with Gasteiger partial charge < -0.3 is 9.47 Å². The Hall–Kier alpha value is -8.98. The Kier molecular flexibility index (Phi) is 9.54. The molecule has 318 valence electrons. The average molecular weight is 865 g/mol. The molecule has 0 fully saturated rings. The number of benzene rings is 12. The molecule has 0 atom stereocenters. The summed E-state index contributed by atoms with van der Waals surface area (Å²) in [7, 11) is 0. The van der Waals surface area contributed by atoms with Gasteiger partial charge in [0.25, 0.3) is 0 Å². The van der Waals surface area contributed by atoms with Crippen molar-refractivity contribution < 1.29 is 0 Å². The van der Waals surface area contributed by atoms with Gasteiger partial charge in [0, 0.05) is 33.5 Å². The molecule has 0 radical (unpaired) electrons. The van der Waals surface area contributed by atoms with Crippen LogP contribution in [0.4, 0.5) is 17.1 Å². The van der Waals surface area contributed by atoms with Gasteiger partial charge in [-0.25, -0.2) is 0 Å². The highest BCUT2D eigenvalue weighted by Crippen LogP contribution is 2.47. The van der Waals surface area contributed by atoms with E-state index in [0.717, 1.165) is 28.3 Å². The van der Waals surface area contributed by atoms with E-state index >= 15 is 0 Å². The van der Waals surface area contributed by atoms with E-state index in [-0.39, 0.29) is 0 Å². The zero-order valence-corrected chi connectivity index (χ0v) is 37.3. The number of hydrogen-bond donors (Lipinski definition) is 0. The van der Waals surface area contributed by atoms with Gasteiger partial charge in [-0.2, -0.15) is 0 Å². The van der Waals surface area contributed by atoms with Crippen LogP contribution in [-0.2, 0) is 0 Å². The van der Waals surface area contributed by atoms with Crippen LogP contribution >= 0.6 is 0 Å². The number of rotatable bonds is 8. The number of anilines is 3. The predicted octanol–water partition coefficient (Wildman–Crippen LogP) is 18.4. The molecule has 0 aliphatic rings. The lowest BCUT2D eigenvalue weighted by molar-refractivity contribution is 1.18. The van der Waals surface area contributed by atoms with E-state index in [1.807, 2.05) is 0 Å². The summed E-state index contributed by atoms with van der Waals surface area (Å²) in [5.74, 6) is 0. The molecule has 0 N–H and O–H groups in total. The molecule has 12 aromatic carbocycles. The van der Waals surface area contributed by atoms with Crippen LogP contribution < -0.4 is 4.90 Å². The maximum atomic E-state index is 2.43. The molecule has 0 bridgehead atoms. The first-order chi connectivity index (χ1) is 33.7. The summed E-state index contributed by atoms with van der Waals surface area (Å²) < 4.78 is 2.38. The highest BCUT2D eigenvalue weighted by Gasteiger charge is 2.21. The third-order valence-corrected chi connectivity index (χ3v) is 13.7. The predicted molar refractivity (Wildman–Crippen MR) is 290 cm³/mol. The van der Waals surface area contributed by atoms with E-state index in [9.17, 15) is 0 Å². The summed E-state index contributed by atoms with van der Waals surface area (Å²) >= 11 is 0. The fourth-order valence-electron chi connectivity index (χ4n) is 10.7. The Morgan fingerprint density at radius 3 is 1.53 bits per heavy atom. The van der Waals surface area contributed by atoms with Crippen LogP contribution in [0, 0.1) is 0 Å². The maximum absolute atomic E-state index is 2.43. The second-order valence-electron chi connectivity index (χ2n) is 17.6. The molecule has 0 spiro atoms. The molecule has 1 aromatic heterocycles. The first kappa shape index (κ1) is 39.4. The van der Waals surface area contributed by atoms with Gasteiger partial charge in [0.2, 0.25) is 0 Å². The van der Waals surface area contributed by atoms with Gasteiger partial charge in [0.1, 0.15) is 0 Å². The Balaban J connectivity index is 1.02. The minimum absolute atomic E-state index is 1.08. The SMILES string of the molecule is c1ccc(-c2c(-c3ccccc3)c3cc(N(c4ccc(-c5cccc6ccccc56)cc4)c4cccc(-c5ccc6c(c5)c5ccccc5n6-c5ccccc5)c4)ccc3c3ccccc23)cc1. The van der Waals surface area contributed by atoms with Crippen molar-refractivity contribution in [2.45, 2.75) is 0 Å². The summed E-state index contributed by atoms with van der Waals surface area (Å²) in [6.07, 6.45) is 0. The highest BCUT2D eigenvalue weighted by molar-refractivity contribution is 6.22. The second-order valence-corrected chi connectivity index (χ2v) is 17.6. The van der Waals surface area contributed by atoms with Gasteiger partial charge in [-0.1, -0.05) is 200 Å². The second kappa shape index (κ2) is 16.5. The van der Waals surface area contributed by atoms with Crippen LogP contribution in [-0.4, -0.2) is 4.57 Å². The van der Waals surface area contributed by atoms with Gasteiger partial charge in [0.15, 0.2) is 0 Å². The van der Waals surface area contributed by atoms with Crippen molar-refractivity contribution in [3.63, 3.8) is 0 Å². The lowest BCUT2D eigenvalue weighted by Crippen LogP contribution is -2.10. The van der Waals surface area contributed by atoms with Crippen LogP contribution in [0.2, 0.25) is 0 Å². The average Bonchev–Trinajstić information content (AvgIpc) is 3.75. The largest absolute Gasteiger partial charge is 0.310 e. The van der Waals surface area contributed by atoms with Crippen LogP contribution in [0.1, 0.15) is 0 Å². The van der Waals surface area contributed by atoms with E-state index in [2.05, 4.69) is 276 Å². The van der Waals surface area contributed by atoms with Crippen molar-refractivity contribution >= 4 is 71.2 Å². The first-order valence-corrected chi connectivity index (χ1v) is 23.4. The molecule has 0 saturated carbocycles. The third-order valence-electron chi connectivity index (χ3n) is 13.7. The standard InChI is InChI=1S/C66H44N2/c1-4-19-47(20-5-1)65-60-31-13-12-29-57(60)58-40-39-54(44-62(58)66(65)48-21-6-2-7-22-48)67(52-37-34-46(35-38-52)56-32-17-23-45-18-10-11-28-55(45)56)53-27-16-24-49(42-53)50-36-41-64-61(43-50)59-30-14-15-33-63(59)68(64)51-25-8-3-9-26-51/h1-44H. The lowest BCUT2D eigenvalue weighted by atomic mass is 9.85. The van der Waals surface area contributed by atoms with Crippen LogP contribution in [0.5, 0.6) is 0 Å².